The van der Waals surface area contributed by atoms with E-state index in [1.807, 2.05) is 12.1 Å². The van der Waals surface area contributed by atoms with Gasteiger partial charge in [-0.3, -0.25) is 9.69 Å². The molecule has 0 spiro atoms. The number of carbonyl (C=O) groups is 1. The van der Waals surface area contributed by atoms with Crippen LogP contribution in [0.3, 0.4) is 0 Å². The van der Waals surface area contributed by atoms with Crippen molar-refractivity contribution in [3.05, 3.63) is 41.5 Å². The van der Waals surface area contributed by atoms with E-state index in [1.165, 1.54) is 12.7 Å². The van der Waals surface area contributed by atoms with E-state index in [0.29, 0.717) is 5.92 Å². The minimum atomic E-state index is -0.165. The Morgan fingerprint density at radius 3 is 2.57 bits per heavy atom. The standard InChI is InChI=1S/C22H33N5O3/c1-16(2)13-19(23-21(28)15-29-3)22-25-24-20-9-10-26(11-12-27(20)22)14-17-5-7-18(30-4)8-6-17/h5-8,16,19H,9-15H2,1-4H3,(H,23,28). The van der Waals surface area contributed by atoms with E-state index < -0.39 is 0 Å². The van der Waals surface area contributed by atoms with Crippen molar-refractivity contribution in [1.29, 1.82) is 0 Å². The molecule has 2 aromatic rings. The van der Waals surface area contributed by atoms with Gasteiger partial charge < -0.3 is 19.4 Å². The van der Waals surface area contributed by atoms with Crippen LogP contribution >= 0.6 is 0 Å². The molecule has 0 aliphatic carbocycles. The maximum atomic E-state index is 12.2. The lowest BCUT2D eigenvalue weighted by molar-refractivity contribution is -0.125. The van der Waals surface area contributed by atoms with Gasteiger partial charge in [0.05, 0.1) is 13.2 Å². The Balaban J connectivity index is 1.69. The number of benzene rings is 1. The van der Waals surface area contributed by atoms with Crippen LogP contribution in [-0.2, 0) is 29.0 Å². The van der Waals surface area contributed by atoms with Gasteiger partial charge in [0.2, 0.25) is 5.91 Å². The largest absolute Gasteiger partial charge is 0.497 e. The Labute approximate surface area is 178 Å². The van der Waals surface area contributed by atoms with Gasteiger partial charge in [0.25, 0.3) is 0 Å². The lowest BCUT2D eigenvalue weighted by atomic mass is 10.0. The van der Waals surface area contributed by atoms with Crippen LogP contribution in [0.15, 0.2) is 24.3 Å². The highest BCUT2D eigenvalue weighted by Gasteiger charge is 2.26. The molecule has 1 aliphatic heterocycles. The van der Waals surface area contributed by atoms with Gasteiger partial charge in [0, 0.05) is 39.7 Å². The van der Waals surface area contributed by atoms with Gasteiger partial charge in [-0.2, -0.15) is 0 Å². The van der Waals surface area contributed by atoms with E-state index in [2.05, 4.69) is 51.0 Å². The first-order chi connectivity index (χ1) is 14.5. The normalized spacial score (nSPS) is 15.5. The fourth-order valence-corrected chi connectivity index (χ4v) is 3.86. The summed E-state index contributed by atoms with van der Waals surface area (Å²) < 4.78 is 12.4. The highest BCUT2D eigenvalue weighted by atomic mass is 16.5. The molecule has 3 rings (SSSR count). The molecular weight excluding hydrogens is 382 g/mol. The summed E-state index contributed by atoms with van der Waals surface area (Å²) in [5.74, 6) is 2.99. The number of nitrogens with zero attached hydrogens (tertiary/aromatic N) is 4. The monoisotopic (exact) mass is 415 g/mol. The molecule has 8 heteroatoms. The zero-order valence-corrected chi connectivity index (χ0v) is 18.4. The summed E-state index contributed by atoms with van der Waals surface area (Å²) in [5, 5.41) is 12.0. The van der Waals surface area contributed by atoms with E-state index in [1.54, 1.807) is 7.11 Å². The Bertz CT molecular complexity index is 819. The van der Waals surface area contributed by atoms with Crippen LogP contribution in [0.2, 0.25) is 0 Å². The van der Waals surface area contributed by atoms with Crippen molar-refractivity contribution in [3.8, 4) is 5.75 Å². The van der Waals surface area contributed by atoms with Crippen LogP contribution < -0.4 is 10.1 Å². The molecule has 8 nitrogen and oxygen atoms in total. The number of nitrogens with one attached hydrogen (secondary N) is 1. The second kappa shape index (κ2) is 10.5. The summed E-state index contributed by atoms with van der Waals surface area (Å²) >= 11 is 0. The Morgan fingerprint density at radius 1 is 1.13 bits per heavy atom. The Hall–Kier alpha value is -2.45. The third-order valence-electron chi connectivity index (χ3n) is 5.34. The number of hydrogen-bond donors (Lipinski definition) is 1. The second-order valence-electron chi connectivity index (χ2n) is 8.18. The molecule has 0 saturated carbocycles. The number of hydrogen-bond acceptors (Lipinski definition) is 6. The zero-order chi connectivity index (χ0) is 21.5. The summed E-state index contributed by atoms with van der Waals surface area (Å²) in [6, 6.07) is 8.05. The Morgan fingerprint density at radius 2 is 1.90 bits per heavy atom. The molecule has 1 aromatic carbocycles. The van der Waals surface area contributed by atoms with E-state index in [9.17, 15) is 4.79 Å². The SMILES string of the molecule is COCC(=O)NC(CC(C)C)c1nnc2n1CCN(Cc1ccc(OC)cc1)CC2. The maximum Gasteiger partial charge on any atom is 0.246 e. The molecule has 1 aromatic heterocycles. The fourth-order valence-electron chi connectivity index (χ4n) is 3.86. The first-order valence-corrected chi connectivity index (χ1v) is 10.6. The predicted molar refractivity (Wildman–Crippen MR) is 114 cm³/mol. The van der Waals surface area contributed by atoms with Crippen LogP contribution in [0.25, 0.3) is 0 Å². The molecule has 0 radical (unpaired) electrons. The highest BCUT2D eigenvalue weighted by Crippen LogP contribution is 2.23. The first-order valence-electron chi connectivity index (χ1n) is 10.6. The molecular formula is C22H33N5O3. The average molecular weight is 416 g/mol. The lowest BCUT2D eigenvalue weighted by Crippen LogP contribution is -2.34. The van der Waals surface area contributed by atoms with Crippen molar-refractivity contribution in [2.75, 3.05) is 33.9 Å². The van der Waals surface area contributed by atoms with Crippen molar-refractivity contribution < 1.29 is 14.3 Å². The van der Waals surface area contributed by atoms with Gasteiger partial charge >= 0.3 is 0 Å². The van der Waals surface area contributed by atoms with Crippen molar-refractivity contribution >= 4 is 5.91 Å². The number of amides is 1. The quantitative estimate of drug-likeness (QED) is 0.676. The molecule has 1 atom stereocenters. The molecule has 30 heavy (non-hydrogen) atoms. The van der Waals surface area contributed by atoms with Crippen molar-refractivity contribution in [2.45, 2.75) is 45.8 Å². The number of carbonyl (C=O) groups excluding carboxylic acids is 1. The minimum Gasteiger partial charge on any atom is -0.497 e. The average Bonchev–Trinajstić information content (AvgIpc) is 3.02. The minimum absolute atomic E-state index is 0.0469. The van der Waals surface area contributed by atoms with Crippen LogP contribution in [0.4, 0.5) is 0 Å². The van der Waals surface area contributed by atoms with Crippen molar-refractivity contribution in [2.24, 2.45) is 5.92 Å². The molecule has 2 heterocycles. The predicted octanol–water partition coefficient (Wildman–Crippen LogP) is 2.19. The first kappa shape index (κ1) is 22.2. The number of methoxy groups -OCH3 is 2. The summed E-state index contributed by atoms with van der Waals surface area (Å²) in [6.45, 7) is 7.86. The molecule has 0 fully saturated rings. The van der Waals surface area contributed by atoms with E-state index >= 15 is 0 Å². The van der Waals surface area contributed by atoms with E-state index in [0.717, 1.165) is 56.4 Å². The third-order valence-corrected chi connectivity index (χ3v) is 5.34. The van der Waals surface area contributed by atoms with Crippen LogP contribution in [0, 0.1) is 5.92 Å². The fraction of sp³-hybridized carbons (Fsp3) is 0.591. The van der Waals surface area contributed by atoms with Crippen LogP contribution in [0.5, 0.6) is 5.75 Å². The lowest BCUT2D eigenvalue weighted by Gasteiger charge is -2.22. The maximum absolute atomic E-state index is 12.2. The molecule has 0 saturated heterocycles. The summed E-state index contributed by atoms with van der Waals surface area (Å²) in [6.07, 6.45) is 1.65. The highest BCUT2D eigenvalue weighted by molar-refractivity contribution is 5.77. The summed E-state index contributed by atoms with van der Waals surface area (Å²) in [7, 11) is 3.21. The number of fused-ring (bicyclic) bond motifs is 1. The molecule has 1 aliphatic rings. The van der Waals surface area contributed by atoms with Crippen molar-refractivity contribution in [3.63, 3.8) is 0 Å². The summed E-state index contributed by atoms with van der Waals surface area (Å²) in [5.41, 5.74) is 1.26. The van der Waals surface area contributed by atoms with Gasteiger partial charge in [-0.1, -0.05) is 26.0 Å². The Kier molecular flexibility index (Phi) is 7.81. The molecule has 1 N–H and O–H groups in total. The van der Waals surface area contributed by atoms with Crippen LogP contribution in [0.1, 0.15) is 43.5 Å². The van der Waals surface area contributed by atoms with Gasteiger partial charge in [-0.15, -0.1) is 10.2 Å². The van der Waals surface area contributed by atoms with Gasteiger partial charge in [-0.25, -0.2) is 0 Å². The topological polar surface area (TPSA) is 81.5 Å². The van der Waals surface area contributed by atoms with Gasteiger partial charge in [0.1, 0.15) is 18.2 Å². The second-order valence-corrected chi connectivity index (χ2v) is 8.18. The van der Waals surface area contributed by atoms with Crippen LogP contribution in [-0.4, -0.2) is 59.5 Å². The van der Waals surface area contributed by atoms with E-state index in [4.69, 9.17) is 9.47 Å². The van der Waals surface area contributed by atoms with Crippen molar-refractivity contribution in [1.82, 2.24) is 25.0 Å². The van der Waals surface area contributed by atoms with Gasteiger partial charge in [0.15, 0.2) is 5.82 Å². The smallest absolute Gasteiger partial charge is 0.246 e. The molecule has 0 bridgehead atoms. The zero-order valence-electron chi connectivity index (χ0n) is 18.4. The summed E-state index contributed by atoms with van der Waals surface area (Å²) in [4.78, 5) is 14.6. The van der Waals surface area contributed by atoms with E-state index in [-0.39, 0.29) is 18.6 Å². The number of aromatic nitrogens is 3. The number of rotatable bonds is 9. The molecule has 164 valence electrons. The molecule has 1 unspecified atom stereocenters. The molecule has 1 amide bonds. The third kappa shape index (κ3) is 5.79. The number of ether oxygens (including phenoxy) is 2. The van der Waals surface area contributed by atoms with Gasteiger partial charge in [-0.05, 0) is 30.0 Å².